The fourth-order valence-electron chi connectivity index (χ4n) is 3.04. The number of nitrogens with zero attached hydrogens (tertiary/aromatic N) is 1. The van der Waals surface area contributed by atoms with Crippen LogP contribution in [-0.4, -0.2) is 42.3 Å². The van der Waals surface area contributed by atoms with Crippen molar-refractivity contribution in [2.24, 2.45) is 0 Å². The van der Waals surface area contributed by atoms with E-state index in [4.69, 9.17) is 21.7 Å². The first-order chi connectivity index (χ1) is 13.9. The Morgan fingerprint density at radius 2 is 1.90 bits per heavy atom. The van der Waals surface area contributed by atoms with E-state index in [1.807, 2.05) is 0 Å². The third-order valence-electron chi connectivity index (χ3n) is 4.14. The standard InChI is InChI=1S/C21H27N3O5S/c1-7-28-18(26)17-13-9-8-10-16(24(6)20(27)29-21(3,4)5)14(13)11-15(17)23-19(30)22-12(2)25/h8-10H,7,11H2,1-6H3,(H2,22,23,25,30). The molecule has 162 valence electrons. The second kappa shape index (κ2) is 9.25. The van der Waals surface area contributed by atoms with E-state index in [1.54, 1.807) is 52.9 Å². The lowest BCUT2D eigenvalue weighted by Gasteiger charge is -2.26. The van der Waals surface area contributed by atoms with Crippen LogP contribution in [0.25, 0.3) is 5.57 Å². The average molecular weight is 434 g/mol. The quantitative estimate of drug-likeness (QED) is 0.557. The van der Waals surface area contributed by atoms with Gasteiger partial charge in [0.15, 0.2) is 5.11 Å². The summed E-state index contributed by atoms with van der Waals surface area (Å²) in [5, 5.41) is 5.48. The molecule has 0 heterocycles. The summed E-state index contributed by atoms with van der Waals surface area (Å²) in [7, 11) is 1.61. The maximum Gasteiger partial charge on any atom is 0.414 e. The van der Waals surface area contributed by atoms with Gasteiger partial charge in [0.05, 0.1) is 17.9 Å². The van der Waals surface area contributed by atoms with E-state index in [0.717, 1.165) is 5.56 Å². The van der Waals surface area contributed by atoms with Gasteiger partial charge in [0, 0.05) is 26.1 Å². The molecule has 30 heavy (non-hydrogen) atoms. The summed E-state index contributed by atoms with van der Waals surface area (Å²) in [6.07, 6.45) is -0.212. The Hall–Kier alpha value is -2.94. The predicted molar refractivity (Wildman–Crippen MR) is 118 cm³/mol. The number of hydrogen-bond donors (Lipinski definition) is 2. The van der Waals surface area contributed by atoms with Crippen LogP contribution in [0.4, 0.5) is 10.5 Å². The largest absolute Gasteiger partial charge is 0.462 e. The summed E-state index contributed by atoms with van der Waals surface area (Å²) in [5.74, 6) is -0.840. The van der Waals surface area contributed by atoms with Crippen molar-refractivity contribution in [2.45, 2.75) is 46.6 Å². The third kappa shape index (κ3) is 5.56. The zero-order valence-electron chi connectivity index (χ0n) is 18.0. The molecule has 1 aliphatic carbocycles. The van der Waals surface area contributed by atoms with E-state index >= 15 is 0 Å². The van der Waals surface area contributed by atoms with Crippen molar-refractivity contribution >= 4 is 46.6 Å². The van der Waals surface area contributed by atoms with Crippen molar-refractivity contribution in [3.05, 3.63) is 35.0 Å². The van der Waals surface area contributed by atoms with Crippen LogP contribution in [0.3, 0.4) is 0 Å². The lowest BCUT2D eigenvalue weighted by Crippen LogP contribution is -2.38. The second-order valence-electron chi connectivity index (χ2n) is 7.73. The maximum atomic E-state index is 12.7. The molecule has 2 amide bonds. The van der Waals surface area contributed by atoms with Gasteiger partial charge in [-0.2, -0.15) is 0 Å². The van der Waals surface area contributed by atoms with Crippen LogP contribution in [-0.2, 0) is 25.5 Å². The summed E-state index contributed by atoms with van der Waals surface area (Å²) >= 11 is 5.15. The number of thiocarbonyl (C=S) groups is 1. The van der Waals surface area contributed by atoms with Gasteiger partial charge in [-0.1, -0.05) is 12.1 Å². The number of rotatable bonds is 4. The number of hydrogen-bond acceptors (Lipinski definition) is 6. The number of allylic oxidation sites excluding steroid dienone is 1. The molecule has 0 radical (unpaired) electrons. The Kier molecular flexibility index (Phi) is 7.20. The lowest BCUT2D eigenvalue weighted by molar-refractivity contribution is -0.136. The molecule has 9 heteroatoms. The van der Waals surface area contributed by atoms with E-state index in [0.29, 0.717) is 28.9 Å². The molecule has 0 bridgehead atoms. The minimum atomic E-state index is -0.644. The van der Waals surface area contributed by atoms with E-state index in [2.05, 4.69) is 10.6 Å². The zero-order valence-corrected chi connectivity index (χ0v) is 18.9. The van der Waals surface area contributed by atoms with Crippen LogP contribution in [0.5, 0.6) is 0 Å². The highest BCUT2D eigenvalue weighted by Crippen LogP contribution is 2.38. The Morgan fingerprint density at radius 1 is 1.23 bits per heavy atom. The minimum Gasteiger partial charge on any atom is -0.462 e. The molecule has 0 unspecified atom stereocenters. The molecule has 1 aliphatic rings. The van der Waals surface area contributed by atoms with Crippen molar-refractivity contribution in [3.8, 4) is 0 Å². The summed E-state index contributed by atoms with van der Waals surface area (Å²) in [5.41, 5.74) is 2.16. The normalized spacial score (nSPS) is 12.7. The number of benzene rings is 1. The van der Waals surface area contributed by atoms with Crippen LogP contribution in [0, 0.1) is 0 Å². The van der Waals surface area contributed by atoms with Crippen LogP contribution < -0.4 is 15.5 Å². The van der Waals surface area contributed by atoms with Gasteiger partial charge in [0.2, 0.25) is 5.91 Å². The number of fused-ring (bicyclic) bond motifs is 1. The Labute approximate surface area is 181 Å². The molecule has 1 aromatic rings. The Bertz CT molecular complexity index is 918. The highest BCUT2D eigenvalue weighted by atomic mass is 32.1. The van der Waals surface area contributed by atoms with Crippen molar-refractivity contribution < 1.29 is 23.9 Å². The van der Waals surface area contributed by atoms with Gasteiger partial charge in [-0.3, -0.25) is 9.69 Å². The van der Waals surface area contributed by atoms with Gasteiger partial charge in [0.25, 0.3) is 0 Å². The fourth-order valence-corrected chi connectivity index (χ4v) is 3.30. The molecule has 0 aliphatic heterocycles. The first-order valence-corrected chi connectivity index (χ1v) is 9.93. The molecule has 0 spiro atoms. The molecule has 0 saturated carbocycles. The average Bonchev–Trinajstić information content (AvgIpc) is 2.96. The molecule has 0 saturated heterocycles. The topological polar surface area (TPSA) is 97.0 Å². The molecule has 0 aromatic heterocycles. The zero-order chi connectivity index (χ0) is 22.6. The van der Waals surface area contributed by atoms with Crippen LogP contribution >= 0.6 is 12.2 Å². The number of amides is 2. The summed E-state index contributed by atoms with van der Waals surface area (Å²) in [4.78, 5) is 37.9. The molecule has 0 fully saturated rings. The van der Waals surface area contributed by atoms with Gasteiger partial charge in [-0.15, -0.1) is 0 Å². The molecule has 8 nitrogen and oxygen atoms in total. The molecule has 2 rings (SSSR count). The third-order valence-corrected chi connectivity index (χ3v) is 4.34. The summed E-state index contributed by atoms with van der Waals surface area (Å²) in [6, 6.07) is 5.31. The highest BCUT2D eigenvalue weighted by Gasteiger charge is 2.32. The Morgan fingerprint density at radius 3 is 2.47 bits per heavy atom. The molecule has 2 N–H and O–H groups in total. The Balaban J connectivity index is 2.43. The van der Waals surface area contributed by atoms with E-state index < -0.39 is 17.7 Å². The van der Waals surface area contributed by atoms with Gasteiger partial charge >= 0.3 is 12.1 Å². The van der Waals surface area contributed by atoms with Gasteiger partial charge in [-0.05, 0) is 57.1 Å². The molecule has 0 atom stereocenters. The van der Waals surface area contributed by atoms with E-state index in [9.17, 15) is 14.4 Å². The number of carbonyl (C=O) groups is 3. The monoisotopic (exact) mass is 433 g/mol. The van der Waals surface area contributed by atoms with Gasteiger partial charge < -0.3 is 20.1 Å². The second-order valence-corrected chi connectivity index (χ2v) is 8.14. The SMILES string of the molecule is CCOC(=O)C1=C(NC(=S)NC(C)=O)Cc2c1cccc2N(C)C(=O)OC(C)(C)C. The number of anilines is 1. The predicted octanol–water partition coefficient (Wildman–Crippen LogP) is 2.90. The van der Waals surface area contributed by atoms with E-state index in [1.165, 1.54) is 11.8 Å². The molecule has 1 aromatic carbocycles. The van der Waals surface area contributed by atoms with Crippen molar-refractivity contribution in [1.29, 1.82) is 0 Å². The van der Waals surface area contributed by atoms with E-state index in [-0.39, 0.29) is 17.6 Å². The van der Waals surface area contributed by atoms with Crippen molar-refractivity contribution in [1.82, 2.24) is 10.6 Å². The summed E-state index contributed by atoms with van der Waals surface area (Å²) < 4.78 is 10.7. The number of nitrogens with one attached hydrogen (secondary N) is 2. The number of carbonyl (C=O) groups excluding carboxylic acids is 3. The van der Waals surface area contributed by atoms with Crippen LogP contribution in [0.2, 0.25) is 0 Å². The first kappa shape index (κ1) is 23.3. The van der Waals surface area contributed by atoms with Gasteiger partial charge in [0.1, 0.15) is 5.60 Å². The fraction of sp³-hybridized carbons (Fsp3) is 0.429. The smallest absolute Gasteiger partial charge is 0.414 e. The van der Waals surface area contributed by atoms with Gasteiger partial charge in [-0.25, -0.2) is 9.59 Å². The minimum absolute atomic E-state index is 0.0779. The van der Waals surface area contributed by atoms with Crippen LogP contribution in [0.15, 0.2) is 23.9 Å². The van der Waals surface area contributed by atoms with Crippen LogP contribution in [0.1, 0.15) is 45.7 Å². The molecular weight excluding hydrogens is 406 g/mol. The number of ether oxygens (including phenoxy) is 2. The van der Waals surface area contributed by atoms with Crippen molar-refractivity contribution in [2.75, 3.05) is 18.6 Å². The highest BCUT2D eigenvalue weighted by molar-refractivity contribution is 7.80. The lowest BCUT2D eigenvalue weighted by atomic mass is 10.0. The first-order valence-electron chi connectivity index (χ1n) is 9.52. The maximum absolute atomic E-state index is 12.7. The summed E-state index contributed by atoms with van der Waals surface area (Å²) in [6.45, 7) is 8.64. The van der Waals surface area contributed by atoms with Crippen molar-refractivity contribution in [3.63, 3.8) is 0 Å². The number of esters is 1. The molecular formula is C21H27N3O5S.